The summed E-state index contributed by atoms with van der Waals surface area (Å²) in [4.78, 5) is 0. The van der Waals surface area contributed by atoms with Gasteiger partial charge in [0.2, 0.25) is 0 Å². The fourth-order valence-corrected chi connectivity index (χ4v) is 6.92. The van der Waals surface area contributed by atoms with Gasteiger partial charge in [-0.2, -0.15) is 0 Å². The van der Waals surface area contributed by atoms with Crippen LogP contribution in [0.5, 0.6) is 0 Å². The van der Waals surface area contributed by atoms with E-state index < -0.39 is 0 Å². The zero-order valence-corrected chi connectivity index (χ0v) is 24.8. The molecule has 6 aromatic carbocycles. The number of hydrogen-bond donors (Lipinski definition) is 0. The Morgan fingerprint density at radius 3 is 1.93 bits per heavy atom. The number of rotatable bonds is 4. The minimum atomic E-state index is -0.0324. The summed E-state index contributed by atoms with van der Waals surface area (Å²) in [5.74, 6) is 0. The average molecular weight is 552 g/mol. The highest BCUT2D eigenvalue weighted by Gasteiger charge is 2.35. The molecule has 206 valence electrons. The Balaban J connectivity index is 1.19. The molecule has 1 aromatic heterocycles. The molecular weight excluding hydrogens is 518 g/mol. The van der Waals surface area contributed by atoms with Crippen molar-refractivity contribution in [3.05, 3.63) is 161 Å². The van der Waals surface area contributed by atoms with Crippen molar-refractivity contribution in [2.45, 2.75) is 26.2 Å². The summed E-state index contributed by atoms with van der Waals surface area (Å²) < 4.78 is 2.44. The molecule has 0 saturated carbocycles. The maximum Gasteiger partial charge on any atom is 0.0541 e. The Morgan fingerprint density at radius 2 is 1.14 bits per heavy atom. The van der Waals surface area contributed by atoms with Crippen LogP contribution in [0.2, 0.25) is 0 Å². The van der Waals surface area contributed by atoms with E-state index in [1.165, 1.54) is 77.6 Å². The Bertz CT molecular complexity index is 2190. The van der Waals surface area contributed by atoms with Crippen molar-refractivity contribution >= 4 is 34.0 Å². The molecule has 0 unspecified atom stereocenters. The molecule has 0 bridgehead atoms. The number of nitrogens with zero attached hydrogens (tertiary/aromatic N) is 1. The van der Waals surface area contributed by atoms with Gasteiger partial charge < -0.3 is 4.57 Å². The van der Waals surface area contributed by atoms with Gasteiger partial charge in [-0.15, -0.1) is 0 Å². The molecule has 0 fully saturated rings. The van der Waals surface area contributed by atoms with Gasteiger partial charge in [0.15, 0.2) is 0 Å². The van der Waals surface area contributed by atoms with Gasteiger partial charge in [0.1, 0.15) is 0 Å². The van der Waals surface area contributed by atoms with Crippen LogP contribution in [0.15, 0.2) is 133 Å². The highest BCUT2D eigenvalue weighted by Crippen LogP contribution is 2.49. The van der Waals surface area contributed by atoms with Gasteiger partial charge in [0.05, 0.1) is 11.0 Å². The van der Waals surface area contributed by atoms with Crippen molar-refractivity contribution in [3.8, 4) is 27.9 Å². The van der Waals surface area contributed by atoms with E-state index >= 15 is 0 Å². The van der Waals surface area contributed by atoms with Gasteiger partial charge in [-0.3, -0.25) is 0 Å². The highest BCUT2D eigenvalue weighted by molar-refractivity contribution is 6.10. The van der Waals surface area contributed by atoms with E-state index in [1.54, 1.807) is 0 Å². The van der Waals surface area contributed by atoms with E-state index in [-0.39, 0.29) is 5.41 Å². The smallest absolute Gasteiger partial charge is 0.0541 e. The largest absolute Gasteiger partial charge is 0.309 e. The van der Waals surface area contributed by atoms with Crippen LogP contribution in [-0.2, 0) is 5.41 Å². The molecule has 0 N–H and O–H groups in total. The molecule has 0 aliphatic heterocycles. The lowest BCUT2D eigenvalue weighted by Gasteiger charge is -2.22. The molecule has 1 heteroatoms. The standard InChI is InChI=1S/C42H33N/c1-28-12-14-29(15-13-28)16-17-30-18-20-31(21-19-30)32-22-25-41-37(26-32)36-9-5-7-11-40(36)43(41)33-23-24-35-34-8-4-6-10-38(34)42(2,3)39(35)27-33/h4-27H,1-3H3. The van der Waals surface area contributed by atoms with Crippen molar-refractivity contribution in [2.75, 3.05) is 0 Å². The predicted molar refractivity (Wildman–Crippen MR) is 184 cm³/mol. The van der Waals surface area contributed by atoms with Crippen LogP contribution in [0.25, 0.3) is 61.9 Å². The molecule has 1 nitrogen and oxygen atoms in total. The topological polar surface area (TPSA) is 4.93 Å². The van der Waals surface area contributed by atoms with Crippen molar-refractivity contribution in [3.63, 3.8) is 0 Å². The minimum Gasteiger partial charge on any atom is -0.309 e. The zero-order valence-electron chi connectivity index (χ0n) is 24.8. The number of fused-ring (bicyclic) bond motifs is 6. The monoisotopic (exact) mass is 551 g/mol. The van der Waals surface area contributed by atoms with E-state index in [0.29, 0.717) is 0 Å². The molecule has 0 radical (unpaired) electrons. The maximum atomic E-state index is 2.44. The quantitative estimate of drug-likeness (QED) is 0.192. The van der Waals surface area contributed by atoms with Gasteiger partial charge in [0, 0.05) is 21.9 Å². The first-order valence-electron chi connectivity index (χ1n) is 15.1. The number of hydrogen-bond acceptors (Lipinski definition) is 0. The normalized spacial score (nSPS) is 13.6. The van der Waals surface area contributed by atoms with Crippen molar-refractivity contribution in [1.82, 2.24) is 4.57 Å². The third-order valence-corrected chi connectivity index (χ3v) is 9.29. The first kappa shape index (κ1) is 25.6. The maximum absolute atomic E-state index is 2.44. The van der Waals surface area contributed by atoms with Crippen LogP contribution in [0, 0.1) is 6.92 Å². The van der Waals surface area contributed by atoms with Crippen LogP contribution in [0.1, 0.15) is 41.7 Å². The fraction of sp³-hybridized carbons (Fsp3) is 0.0952. The molecule has 0 saturated heterocycles. The molecule has 0 atom stereocenters. The molecule has 1 aliphatic carbocycles. The molecule has 1 aliphatic rings. The van der Waals surface area contributed by atoms with E-state index in [1.807, 2.05) is 0 Å². The van der Waals surface area contributed by atoms with Gasteiger partial charge >= 0.3 is 0 Å². The molecule has 7 aromatic rings. The molecular formula is C42H33N. The van der Waals surface area contributed by atoms with Crippen LogP contribution >= 0.6 is 0 Å². The predicted octanol–water partition coefficient (Wildman–Crippen LogP) is 11.2. The summed E-state index contributed by atoms with van der Waals surface area (Å²) in [7, 11) is 0. The summed E-state index contributed by atoms with van der Waals surface area (Å²) in [6.07, 6.45) is 4.36. The Kier molecular flexibility index (Phi) is 5.77. The second-order valence-electron chi connectivity index (χ2n) is 12.4. The Labute approximate surface area is 253 Å². The van der Waals surface area contributed by atoms with Crippen LogP contribution < -0.4 is 0 Å². The van der Waals surface area contributed by atoms with E-state index in [9.17, 15) is 0 Å². The summed E-state index contributed by atoms with van der Waals surface area (Å²) in [6.45, 7) is 6.82. The number of aryl methyl sites for hydroxylation is 1. The average Bonchev–Trinajstić information content (AvgIpc) is 3.49. The lowest BCUT2D eigenvalue weighted by atomic mass is 9.82. The Morgan fingerprint density at radius 1 is 0.512 bits per heavy atom. The van der Waals surface area contributed by atoms with Crippen LogP contribution in [0.4, 0.5) is 0 Å². The van der Waals surface area contributed by atoms with Gasteiger partial charge in [-0.05, 0) is 81.8 Å². The van der Waals surface area contributed by atoms with E-state index in [0.717, 1.165) is 0 Å². The summed E-state index contributed by atoms with van der Waals surface area (Å²) >= 11 is 0. The van der Waals surface area contributed by atoms with E-state index in [4.69, 9.17) is 0 Å². The first-order chi connectivity index (χ1) is 21.0. The molecule has 8 rings (SSSR count). The lowest BCUT2D eigenvalue weighted by Crippen LogP contribution is -2.15. The number of para-hydroxylation sites is 1. The third-order valence-electron chi connectivity index (χ3n) is 9.29. The van der Waals surface area contributed by atoms with Crippen molar-refractivity contribution in [1.29, 1.82) is 0 Å². The van der Waals surface area contributed by atoms with Gasteiger partial charge in [0.25, 0.3) is 0 Å². The summed E-state index contributed by atoms with van der Waals surface area (Å²) in [6, 6.07) is 49.1. The van der Waals surface area contributed by atoms with Gasteiger partial charge in [-0.1, -0.05) is 135 Å². The third kappa shape index (κ3) is 4.15. The highest BCUT2D eigenvalue weighted by atomic mass is 15.0. The number of benzene rings is 6. The van der Waals surface area contributed by atoms with Gasteiger partial charge in [-0.25, -0.2) is 0 Å². The van der Waals surface area contributed by atoms with Crippen molar-refractivity contribution < 1.29 is 0 Å². The minimum absolute atomic E-state index is 0.0324. The molecule has 0 amide bonds. The second-order valence-corrected chi connectivity index (χ2v) is 12.4. The Hall–Kier alpha value is -5.14. The summed E-state index contributed by atoms with van der Waals surface area (Å²) in [5.41, 5.74) is 15.3. The fourth-order valence-electron chi connectivity index (χ4n) is 6.92. The van der Waals surface area contributed by atoms with Crippen LogP contribution in [0.3, 0.4) is 0 Å². The zero-order chi connectivity index (χ0) is 29.1. The summed E-state index contributed by atoms with van der Waals surface area (Å²) in [5, 5.41) is 2.56. The second kappa shape index (κ2) is 9.71. The lowest BCUT2D eigenvalue weighted by molar-refractivity contribution is 0.660. The SMILES string of the molecule is Cc1ccc(C=Cc2ccc(-c3ccc4c(c3)c3ccccc3n4-c3ccc4c(c3)C(C)(C)c3ccccc3-4)cc2)cc1. The molecule has 43 heavy (non-hydrogen) atoms. The van der Waals surface area contributed by atoms with Crippen molar-refractivity contribution in [2.24, 2.45) is 0 Å². The van der Waals surface area contributed by atoms with Crippen LogP contribution in [-0.4, -0.2) is 4.57 Å². The first-order valence-corrected chi connectivity index (χ1v) is 15.1. The molecule has 1 heterocycles. The van der Waals surface area contributed by atoms with E-state index in [2.05, 4.69) is 171 Å². The number of aromatic nitrogens is 1. The molecule has 0 spiro atoms.